The Morgan fingerprint density at radius 3 is 2.21 bits per heavy atom. The van der Waals surface area contributed by atoms with Gasteiger partial charge in [0.2, 0.25) is 21.8 Å². The van der Waals surface area contributed by atoms with Crippen molar-refractivity contribution >= 4 is 50.7 Å². The van der Waals surface area contributed by atoms with Gasteiger partial charge in [0.05, 0.1) is 22.0 Å². The van der Waals surface area contributed by atoms with Gasteiger partial charge in [-0.15, -0.1) is 0 Å². The molecule has 2 amide bonds. The van der Waals surface area contributed by atoms with E-state index in [1.54, 1.807) is 6.92 Å². The van der Waals surface area contributed by atoms with Gasteiger partial charge in [-0.1, -0.05) is 60.5 Å². The van der Waals surface area contributed by atoms with Crippen LogP contribution in [-0.2, 0) is 26.2 Å². The molecule has 0 radical (unpaired) electrons. The maximum atomic E-state index is 13.4. The van der Waals surface area contributed by atoms with Gasteiger partial charge < -0.3 is 10.2 Å². The van der Waals surface area contributed by atoms with Crippen molar-refractivity contribution in [3.63, 3.8) is 0 Å². The molecule has 0 unspecified atom stereocenters. The van der Waals surface area contributed by atoms with E-state index in [2.05, 4.69) is 5.32 Å². The lowest BCUT2D eigenvalue weighted by molar-refractivity contribution is -0.139. The number of hydrogen-bond donors (Lipinski definition) is 1. The lowest BCUT2D eigenvalue weighted by atomic mass is 10.1. The van der Waals surface area contributed by atoms with E-state index in [0.29, 0.717) is 0 Å². The minimum Gasteiger partial charge on any atom is -0.352 e. The molecule has 0 aliphatic carbocycles. The van der Waals surface area contributed by atoms with Gasteiger partial charge in [-0.3, -0.25) is 13.9 Å². The van der Waals surface area contributed by atoms with Crippen molar-refractivity contribution in [1.29, 1.82) is 0 Å². The molecule has 0 heterocycles. The molecule has 0 bridgehead atoms. The number of anilines is 1. The van der Waals surface area contributed by atoms with Gasteiger partial charge in [-0.05, 0) is 44.0 Å². The molecule has 0 aromatic heterocycles. The van der Waals surface area contributed by atoms with E-state index >= 15 is 0 Å². The van der Waals surface area contributed by atoms with Crippen molar-refractivity contribution in [2.75, 3.05) is 17.1 Å². The third kappa shape index (κ3) is 7.62. The molecule has 7 nitrogen and oxygen atoms in total. The van der Waals surface area contributed by atoms with E-state index in [1.807, 2.05) is 44.2 Å². The van der Waals surface area contributed by atoms with E-state index < -0.39 is 28.5 Å². The first-order valence-corrected chi connectivity index (χ1v) is 13.1. The molecular formula is C23H29Cl2N3O4S. The van der Waals surface area contributed by atoms with E-state index in [1.165, 1.54) is 23.1 Å². The largest absolute Gasteiger partial charge is 0.352 e. The van der Waals surface area contributed by atoms with Crippen molar-refractivity contribution in [1.82, 2.24) is 10.2 Å². The Kier molecular flexibility index (Phi) is 9.57. The second-order valence-electron chi connectivity index (χ2n) is 7.87. The van der Waals surface area contributed by atoms with Crippen molar-refractivity contribution in [3.05, 3.63) is 64.1 Å². The Balaban J connectivity index is 2.38. The third-order valence-electron chi connectivity index (χ3n) is 5.23. The Hall–Kier alpha value is -2.29. The van der Waals surface area contributed by atoms with Crippen LogP contribution in [0, 0.1) is 0 Å². The van der Waals surface area contributed by atoms with Crippen LogP contribution in [0.1, 0.15) is 32.8 Å². The molecule has 10 heteroatoms. The molecule has 33 heavy (non-hydrogen) atoms. The number of sulfonamides is 1. The van der Waals surface area contributed by atoms with E-state index in [9.17, 15) is 18.0 Å². The first-order chi connectivity index (χ1) is 15.4. The molecule has 2 rings (SSSR count). The molecule has 1 N–H and O–H groups in total. The summed E-state index contributed by atoms with van der Waals surface area (Å²) < 4.78 is 26.0. The Morgan fingerprint density at radius 2 is 1.67 bits per heavy atom. The topological polar surface area (TPSA) is 86.8 Å². The van der Waals surface area contributed by atoms with E-state index in [-0.39, 0.29) is 34.2 Å². The van der Waals surface area contributed by atoms with Crippen molar-refractivity contribution in [2.24, 2.45) is 0 Å². The Labute approximate surface area is 205 Å². The Morgan fingerprint density at radius 1 is 1.03 bits per heavy atom. The van der Waals surface area contributed by atoms with E-state index in [4.69, 9.17) is 23.2 Å². The van der Waals surface area contributed by atoms with Crippen LogP contribution < -0.4 is 9.62 Å². The number of carbonyl (C=O) groups is 2. The predicted molar refractivity (Wildman–Crippen MR) is 133 cm³/mol. The fourth-order valence-electron chi connectivity index (χ4n) is 3.08. The van der Waals surface area contributed by atoms with Crippen LogP contribution in [0.3, 0.4) is 0 Å². The van der Waals surface area contributed by atoms with Crippen LogP contribution in [0.2, 0.25) is 10.0 Å². The van der Waals surface area contributed by atoms with Crippen LogP contribution in [0.4, 0.5) is 5.69 Å². The molecule has 0 aliphatic heterocycles. The number of amides is 2. The van der Waals surface area contributed by atoms with Gasteiger partial charge in [-0.2, -0.15) is 0 Å². The van der Waals surface area contributed by atoms with Gasteiger partial charge in [0.15, 0.2) is 0 Å². The average Bonchev–Trinajstić information content (AvgIpc) is 2.76. The third-order valence-corrected chi connectivity index (χ3v) is 7.11. The van der Waals surface area contributed by atoms with Gasteiger partial charge in [0, 0.05) is 12.6 Å². The molecule has 0 fully saturated rings. The molecule has 2 aromatic rings. The second kappa shape index (κ2) is 11.7. The average molecular weight is 514 g/mol. The molecule has 2 aromatic carbocycles. The van der Waals surface area contributed by atoms with Gasteiger partial charge in [0.25, 0.3) is 0 Å². The zero-order valence-electron chi connectivity index (χ0n) is 19.1. The monoisotopic (exact) mass is 513 g/mol. The molecule has 0 saturated carbocycles. The number of nitrogens with zero attached hydrogens (tertiary/aromatic N) is 2. The normalized spacial score (nSPS) is 13.2. The quantitative estimate of drug-likeness (QED) is 0.518. The van der Waals surface area contributed by atoms with Crippen LogP contribution in [-0.4, -0.2) is 50.0 Å². The number of carbonyl (C=O) groups excluding carboxylic acids is 2. The van der Waals surface area contributed by atoms with E-state index in [0.717, 1.165) is 22.5 Å². The van der Waals surface area contributed by atoms with Crippen molar-refractivity contribution < 1.29 is 18.0 Å². The van der Waals surface area contributed by atoms with Crippen molar-refractivity contribution in [2.45, 2.75) is 45.8 Å². The molecule has 180 valence electrons. The summed E-state index contributed by atoms with van der Waals surface area (Å²) in [5.74, 6) is -0.837. The van der Waals surface area contributed by atoms with Crippen LogP contribution >= 0.6 is 23.2 Å². The number of hydrogen-bond acceptors (Lipinski definition) is 4. The minimum absolute atomic E-state index is 0.0580. The van der Waals surface area contributed by atoms with Crippen LogP contribution in [0.25, 0.3) is 0 Å². The summed E-state index contributed by atoms with van der Waals surface area (Å²) in [6, 6.07) is 12.7. The highest BCUT2D eigenvalue weighted by atomic mass is 35.5. The first kappa shape index (κ1) is 27.0. The van der Waals surface area contributed by atoms with Crippen molar-refractivity contribution in [3.8, 4) is 0 Å². The number of halogens is 2. The molecule has 0 saturated heterocycles. The fourth-order valence-corrected chi connectivity index (χ4v) is 4.22. The summed E-state index contributed by atoms with van der Waals surface area (Å²) >= 11 is 12.0. The maximum Gasteiger partial charge on any atom is 0.244 e. The SMILES string of the molecule is CC[C@H](C)NC(=O)[C@H](C)N(Cc1ccccc1)C(=O)CN(c1ccc(Cl)c(Cl)c1)S(C)(=O)=O. The summed E-state index contributed by atoms with van der Waals surface area (Å²) in [5.41, 5.74) is 1.02. The number of benzene rings is 2. The van der Waals surface area contributed by atoms with Crippen LogP contribution in [0.5, 0.6) is 0 Å². The highest BCUT2D eigenvalue weighted by Gasteiger charge is 2.30. The van der Waals surface area contributed by atoms with Gasteiger partial charge >= 0.3 is 0 Å². The zero-order chi connectivity index (χ0) is 24.8. The van der Waals surface area contributed by atoms with Crippen LogP contribution in [0.15, 0.2) is 48.5 Å². The fraction of sp³-hybridized carbons (Fsp3) is 0.391. The summed E-state index contributed by atoms with van der Waals surface area (Å²) in [7, 11) is -3.83. The summed E-state index contributed by atoms with van der Waals surface area (Å²) in [6.45, 7) is 5.11. The Bertz CT molecular complexity index is 1080. The minimum atomic E-state index is -3.83. The number of nitrogens with one attached hydrogen (secondary N) is 1. The second-order valence-corrected chi connectivity index (χ2v) is 10.6. The molecular weight excluding hydrogens is 485 g/mol. The first-order valence-electron chi connectivity index (χ1n) is 10.5. The highest BCUT2D eigenvalue weighted by Crippen LogP contribution is 2.28. The van der Waals surface area contributed by atoms with Gasteiger partial charge in [-0.25, -0.2) is 8.42 Å². The van der Waals surface area contributed by atoms with Gasteiger partial charge in [0.1, 0.15) is 12.6 Å². The summed E-state index contributed by atoms with van der Waals surface area (Å²) in [6.07, 6.45) is 1.74. The predicted octanol–water partition coefficient (Wildman–Crippen LogP) is 4.09. The summed E-state index contributed by atoms with van der Waals surface area (Å²) in [5, 5.41) is 3.31. The standard InChI is InChI=1S/C23H29Cl2N3O4S/c1-5-16(2)26-23(30)17(3)27(14-18-9-7-6-8-10-18)22(29)15-28(33(4,31)32)19-11-12-20(24)21(25)13-19/h6-13,16-17H,5,14-15H2,1-4H3,(H,26,30)/t16-,17-/m0/s1. The molecule has 2 atom stereocenters. The molecule has 0 spiro atoms. The summed E-state index contributed by atoms with van der Waals surface area (Å²) in [4.78, 5) is 27.6. The lowest BCUT2D eigenvalue weighted by Crippen LogP contribution is -2.52. The number of rotatable bonds is 10. The lowest BCUT2D eigenvalue weighted by Gasteiger charge is -2.32. The highest BCUT2D eigenvalue weighted by molar-refractivity contribution is 7.92. The smallest absolute Gasteiger partial charge is 0.244 e. The zero-order valence-corrected chi connectivity index (χ0v) is 21.4. The molecule has 0 aliphatic rings. The maximum absolute atomic E-state index is 13.4.